The van der Waals surface area contributed by atoms with Crippen molar-refractivity contribution in [3.8, 4) is 0 Å². The Hall–Kier alpha value is -1.02. The van der Waals surface area contributed by atoms with Gasteiger partial charge in [-0.1, -0.05) is 26.0 Å². The predicted octanol–water partition coefficient (Wildman–Crippen LogP) is 3.16. The van der Waals surface area contributed by atoms with E-state index in [2.05, 4.69) is 43.0 Å². The summed E-state index contributed by atoms with van der Waals surface area (Å²) in [6, 6.07) is 8.72. The van der Waals surface area contributed by atoms with Crippen LogP contribution in [0.15, 0.2) is 24.3 Å². The Labute approximate surface area is 105 Å². The van der Waals surface area contributed by atoms with E-state index >= 15 is 0 Å². The molecule has 1 heterocycles. The smallest absolute Gasteiger partial charge is 0.0366 e. The summed E-state index contributed by atoms with van der Waals surface area (Å²) in [5.41, 5.74) is 8.74. The molecule has 1 aliphatic rings. The van der Waals surface area contributed by atoms with E-state index in [9.17, 15) is 0 Å². The van der Waals surface area contributed by atoms with Gasteiger partial charge in [-0.15, -0.1) is 0 Å². The SMILES string of the molecule is CCC1(CC)CCN(c2ccc(CN)cc2)C1. The molecular weight excluding hydrogens is 208 g/mol. The van der Waals surface area contributed by atoms with Crippen LogP contribution in [0.1, 0.15) is 38.7 Å². The number of benzene rings is 1. The van der Waals surface area contributed by atoms with E-state index in [1.54, 1.807) is 0 Å². The summed E-state index contributed by atoms with van der Waals surface area (Å²) in [6.07, 6.45) is 3.92. The first-order valence-electron chi connectivity index (χ1n) is 6.77. The van der Waals surface area contributed by atoms with Crippen molar-refractivity contribution in [1.82, 2.24) is 0 Å². The molecule has 1 aliphatic heterocycles. The summed E-state index contributed by atoms with van der Waals surface area (Å²) < 4.78 is 0. The number of nitrogens with zero attached hydrogens (tertiary/aromatic N) is 1. The van der Waals surface area contributed by atoms with Crippen LogP contribution in [0.5, 0.6) is 0 Å². The molecule has 17 heavy (non-hydrogen) atoms. The Balaban J connectivity index is 2.09. The summed E-state index contributed by atoms with van der Waals surface area (Å²) >= 11 is 0. The fourth-order valence-electron chi connectivity index (χ4n) is 2.83. The summed E-state index contributed by atoms with van der Waals surface area (Å²) in [5.74, 6) is 0. The molecule has 94 valence electrons. The Bertz CT molecular complexity index is 352. The maximum absolute atomic E-state index is 5.63. The second-order valence-electron chi connectivity index (χ2n) is 5.25. The molecule has 0 aliphatic carbocycles. The van der Waals surface area contributed by atoms with Crippen molar-refractivity contribution in [2.24, 2.45) is 11.1 Å². The molecule has 1 aromatic rings. The molecule has 1 aromatic carbocycles. The van der Waals surface area contributed by atoms with Crippen LogP contribution >= 0.6 is 0 Å². The summed E-state index contributed by atoms with van der Waals surface area (Å²) in [5, 5.41) is 0. The van der Waals surface area contributed by atoms with Crippen molar-refractivity contribution >= 4 is 5.69 Å². The van der Waals surface area contributed by atoms with Crippen LogP contribution in [-0.2, 0) is 6.54 Å². The van der Waals surface area contributed by atoms with E-state index in [-0.39, 0.29) is 0 Å². The van der Waals surface area contributed by atoms with Gasteiger partial charge in [0.25, 0.3) is 0 Å². The first-order chi connectivity index (χ1) is 8.23. The molecule has 0 bridgehead atoms. The van der Waals surface area contributed by atoms with Crippen LogP contribution in [0.4, 0.5) is 5.69 Å². The van der Waals surface area contributed by atoms with Gasteiger partial charge in [-0.2, -0.15) is 0 Å². The fraction of sp³-hybridized carbons (Fsp3) is 0.600. The molecule has 2 nitrogen and oxygen atoms in total. The van der Waals surface area contributed by atoms with Crippen molar-refractivity contribution in [3.05, 3.63) is 29.8 Å². The Morgan fingerprint density at radius 2 is 1.82 bits per heavy atom. The van der Waals surface area contributed by atoms with E-state index in [1.165, 1.54) is 43.6 Å². The Morgan fingerprint density at radius 1 is 1.18 bits per heavy atom. The third kappa shape index (κ3) is 2.47. The predicted molar refractivity (Wildman–Crippen MR) is 74.2 cm³/mol. The van der Waals surface area contributed by atoms with Gasteiger partial charge in [0.15, 0.2) is 0 Å². The minimum atomic E-state index is 0.548. The molecule has 0 saturated carbocycles. The van der Waals surface area contributed by atoms with Gasteiger partial charge >= 0.3 is 0 Å². The van der Waals surface area contributed by atoms with Gasteiger partial charge in [0.2, 0.25) is 0 Å². The monoisotopic (exact) mass is 232 g/mol. The molecule has 0 unspecified atom stereocenters. The molecule has 2 rings (SSSR count). The summed E-state index contributed by atoms with van der Waals surface area (Å²) in [6.45, 7) is 7.69. The van der Waals surface area contributed by atoms with Gasteiger partial charge in [-0.25, -0.2) is 0 Å². The Kier molecular flexibility index (Phi) is 3.72. The lowest BCUT2D eigenvalue weighted by molar-refractivity contribution is 0.301. The van der Waals surface area contributed by atoms with E-state index in [4.69, 9.17) is 5.73 Å². The minimum Gasteiger partial charge on any atom is -0.371 e. The average Bonchev–Trinajstić information content (AvgIpc) is 2.84. The third-order valence-corrected chi connectivity index (χ3v) is 4.48. The summed E-state index contributed by atoms with van der Waals surface area (Å²) in [7, 11) is 0. The highest BCUT2D eigenvalue weighted by Gasteiger charge is 2.34. The van der Waals surface area contributed by atoms with Gasteiger partial charge in [0.1, 0.15) is 0 Å². The zero-order valence-corrected chi connectivity index (χ0v) is 11.1. The lowest BCUT2D eigenvalue weighted by Gasteiger charge is -2.27. The van der Waals surface area contributed by atoms with Crippen LogP contribution < -0.4 is 10.6 Å². The highest BCUT2D eigenvalue weighted by atomic mass is 15.2. The highest BCUT2D eigenvalue weighted by Crippen LogP contribution is 2.38. The number of anilines is 1. The van der Waals surface area contributed by atoms with Gasteiger partial charge in [0, 0.05) is 25.3 Å². The minimum absolute atomic E-state index is 0.548. The van der Waals surface area contributed by atoms with Crippen LogP contribution in [-0.4, -0.2) is 13.1 Å². The quantitative estimate of drug-likeness (QED) is 0.864. The van der Waals surface area contributed by atoms with Crippen molar-refractivity contribution in [3.63, 3.8) is 0 Å². The van der Waals surface area contributed by atoms with Crippen molar-refractivity contribution < 1.29 is 0 Å². The lowest BCUT2D eigenvalue weighted by atomic mass is 9.82. The number of hydrogen-bond acceptors (Lipinski definition) is 2. The first-order valence-corrected chi connectivity index (χ1v) is 6.77. The van der Waals surface area contributed by atoms with E-state index in [1.807, 2.05) is 0 Å². The maximum atomic E-state index is 5.63. The number of nitrogens with two attached hydrogens (primary N) is 1. The van der Waals surface area contributed by atoms with Crippen LogP contribution in [0.3, 0.4) is 0 Å². The Morgan fingerprint density at radius 3 is 2.29 bits per heavy atom. The topological polar surface area (TPSA) is 29.3 Å². The highest BCUT2D eigenvalue weighted by molar-refractivity contribution is 5.49. The zero-order valence-electron chi connectivity index (χ0n) is 11.1. The molecule has 1 fully saturated rings. The second kappa shape index (κ2) is 5.09. The number of rotatable bonds is 4. The second-order valence-corrected chi connectivity index (χ2v) is 5.25. The first kappa shape index (κ1) is 12.4. The molecule has 2 N–H and O–H groups in total. The fourth-order valence-corrected chi connectivity index (χ4v) is 2.83. The molecule has 0 atom stereocenters. The molecule has 0 spiro atoms. The lowest BCUT2D eigenvalue weighted by Crippen LogP contribution is -2.26. The average molecular weight is 232 g/mol. The molecular formula is C15H24N2. The van der Waals surface area contributed by atoms with Crippen molar-refractivity contribution in [2.75, 3.05) is 18.0 Å². The molecule has 0 aromatic heterocycles. The largest absolute Gasteiger partial charge is 0.371 e. The normalized spacial score (nSPS) is 18.6. The van der Waals surface area contributed by atoms with Crippen LogP contribution in [0, 0.1) is 5.41 Å². The maximum Gasteiger partial charge on any atom is 0.0366 e. The van der Waals surface area contributed by atoms with Gasteiger partial charge in [-0.3, -0.25) is 0 Å². The van der Waals surface area contributed by atoms with E-state index in [0.717, 1.165) is 0 Å². The van der Waals surface area contributed by atoms with E-state index < -0.39 is 0 Å². The molecule has 1 saturated heterocycles. The molecule has 2 heteroatoms. The molecule has 0 amide bonds. The van der Waals surface area contributed by atoms with Crippen molar-refractivity contribution in [2.45, 2.75) is 39.7 Å². The third-order valence-electron chi connectivity index (χ3n) is 4.48. The van der Waals surface area contributed by atoms with Gasteiger partial charge < -0.3 is 10.6 Å². The van der Waals surface area contributed by atoms with Crippen LogP contribution in [0.2, 0.25) is 0 Å². The standard InChI is InChI=1S/C15H24N2/c1-3-15(4-2)9-10-17(12-15)14-7-5-13(11-16)6-8-14/h5-8H,3-4,9-12,16H2,1-2H3. The van der Waals surface area contributed by atoms with Crippen molar-refractivity contribution in [1.29, 1.82) is 0 Å². The number of hydrogen-bond donors (Lipinski definition) is 1. The zero-order chi connectivity index (χ0) is 12.3. The summed E-state index contributed by atoms with van der Waals surface area (Å²) in [4.78, 5) is 2.52. The molecule has 0 radical (unpaired) electrons. The van der Waals surface area contributed by atoms with Gasteiger partial charge in [-0.05, 0) is 42.4 Å². The van der Waals surface area contributed by atoms with Gasteiger partial charge in [0.05, 0.1) is 0 Å². The van der Waals surface area contributed by atoms with E-state index in [0.29, 0.717) is 12.0 Å². The van der Waals surface area contributed by atoms with Crippen LogP contribution in [0.25, 0.3) is 0 Å².